The molecule has 0 bridgehead atoms. The molecule has 0 saturated heterocycles. The fraction of sp³-hybridized carbons (Fsp3) is 0.211. The normalized spacial score (nSPS) is 10.9. The smallest absolute Gasteiger partial charge is 0.340 e. The average Bonchev–Trinajstić information content (AvgIpc) is 2.69. The van der Waals surface area contributed by atoms with Crippen molar-refractivity contribution in [2.24, 2.45) is 5.16 Å². The predicted octanol–water partition coefficient (Wildman–Crippen LogP) is 3.08. The van der Waals surface area contributed by atoms with Crippen LogP contribution in [0.25, 0.3) is 0 Å². The number of nitrogens with one attached hydrogen (secondary N) is 1. The Balaban J connectivity index is 2.08. The van der Waals surface area contributed by atoms with Crippen LogP contribution in [0.15, 0.2) is 53.7 Å². The summed E-state index contributed by atoms with van der Waals surface area (Å²) in [5.41, 5.74) is 1.38. The van der Waals surface area contributed by atoms with Crippen LogP contribution in [0.3, 0.4) is 0 Å². The number of methoxy groups -OCH3 is 1. The van der Waals surface area contributed by atoms with Crippen LogP contribution in [-0.4, -0.2) is 36.5 Å². The summed E-state index contributed by atoms with van der Waals surface area (Å²) in [4.78, 5) is 23.9. The number of anilines is 1. The standard InChI is InChI=1S/C19H20N2O5/c1-3-18(22)20-16-7-5-4-6-15(16)19(23)26-12-17(21-24)13-8-10-14(25-2)11-9-13/h4-11,24H,3,12H2,1-2H3,(H,20,22). The molecule has 0 fully saturated rings. The lowest BCUT2D eigenvalue weighted by Gasteiger charge is -2.11. The van der Waals surface area contributed by atoms with Gasteiger partial charge < -0.3 is 20.0 Å². The van der Waals surface area contributed by atoms with Crippen molar-refractivity contribution in [3.8, 4) is 5.75 Å². The van der Waals surface area contributed by atoms with Gasteiger partial charge >= 0.3 is 5.97 Å². The highest BCUT2D eigenvalue weighted by Crippen LogP contribution is 2.17. The molecule has 136 valence electrons. The molecule has 1 amide bonds. The van der Waals surface area contributed by atoms with Gasteiger partial charge in [0, 0.05) is 12.0 Å². The van der Waals surface area contributed by atoms with E-state index in [0.29, 0.717) is 23.4 Å². The van der Waals surface area contributed by atoms with Crippen molar-refractivity contribution in [1.29, 1.82) is 0 Å². The summed E-state index contributed by atoms with van der Waals surface area (Å²) in [5.74, 6) is -0.184. The van der Waals surface area contributed by atoms with Crippen LogP contribution >= 0.6 is 0 Å². The monoisotopic (exact) mass is 356 g/mol. The Morgan fingerprint density at radius 2 is 1.81 bits per heavy atom. The van der Waals surface area contributed by atoms with Gasteiger partial charge in [0.15, 0.2) is 0 Å². The van der Waals surface area contributed by atoms with E-state index >= 15 is 0 Å². The first-order chi connectivity index (χ1) is 12.6. The van der Waals surface area contributed by atoms with Gasteiger partial charge in [-0.2, -0.15) is 0 Å². The summed E-state index contributed by atoms with van der Waals surface area (Å²) in [7, 11) is 1.55. The van der Waals surface area contributed by atoms with Crippen molar-refractivity contribution in [2.45, 2.75) is 13.3 Å². The third-order valence-corrected chi connectivity index (χ3v) is 3.63. The second kappa shape index (κ2) is 9.22. The van der Waals surface area contributed by atoms with E-state index in [0.717, 1.165) is 0 Å². The molecular formula is C19H20N2O5. The van der Waals surface area contributed by atoms with Crippen LogP contribution in [0, 0.1) is 0 Å². The summed E-state index contributed by atoms with van der Waals surface area (Å²) in [6, 6.07) is 13.3. The molecule has 2 rings (SSSR count). The van der Waals surface area contributed by atoms with Crippen LogP contribution < -0.4 is 10.1 Å². The summed E-state index contributed by atoms with van der Waals surface area (Å²) in [6.07, 6.45) is 0.294. The van der Waals surface area contributed by atoms with Crippen molar-refractivity contribution in [3.63, 3.8) is 0 Å². The summed E-state index contributed by atoms with van der Waals surface area (Å²) in [5, 5.41) is 15.0. The minimum absolute atomic E-state index is 0.191. The predicted molar refractivity (Wildman–Crippen MR) is 97.0 cm³/mol. The first kappa shape index (κ1) is 19.0. The van der Waals surface area contributed by atoms with Gasteiger partial charge in [-0.15, -0.1) is 0 Å². The van der Waals surface area contributed by atoms with E-state index in [-0.39, 0.29) is 23.8 Å². The molecule has 0 aliphatic heterocycles. The van der Waals surface area contributed by atoms with Crippen LogP contribution in [0.5, 0.6) is 5.75 Å². The number of nitrogens with zero attached hydrogens (tertiary/aromatic N) is 1. The zero-order valence-corrected chi connectivity index (χ0v) is 14.6. The van der Waals surface area contributed by atoms with Gasteiger partial charge in [-0.25, -0.2) is 4.79 Å². The minimum Gasteiger partial charge on any atom is -0.497 e. The van der Waals surface area contributed by atoms with Gasteiger partial charge in [0.1, 0.15) is 18.1 Å². The zero-order valence-electron chi connectivity index (χ0n) is 14.6. The number of esters is 1. The van der Waals surface area contributed by atoms with Crippen molar-refractivity contribution < 1.29 is 24.3 Å². The molecule has 2 aromatic carbocycles. The van der Waals surface area contributed by atoms with Crippen molar-refractivity contribution >= 4 is 23.3 Å². The van der Waals surface area contributed by atoms with Gasteiger partial charge in [0.25, 0.3) is 0 Å². The highest BCUT2D eigenvalue weighted by molar-refractivity contribution is 6.05. The number of para-hydroxylation sites is 1. The van der Waals surface area contributed by atoms with Gasteiger partial charge in [-0.3, -0.25) is 4.79 Å². The Morgan fingerprint density at radius 3 is 2.42 bits per heavy atom. The first-order valence-corrected chi connectivity index (χ1v) is 8.00. The number of oxime groups is 1. The van der Waals surface area contributed by atoms with Gasteiger partial charge in [-0.05, 0) is 36.4 Å². The lowest BCUT2D eigenvalue weighted by Crippen LogP contribution is -2.18. The molecule has 0 aliphatic carbocycles. The van der Waals surface area contributed by atoms with Gasteiger partial charge in [0.2, 0.25) is 5.91 Å². The SMILES string of the molecule is CCC(=O)Nc1ccccc1C(=O)OCC(=NO)c1ccc(OC)cc1. The van der Waals surface area contributed by atoms with Crippen LogP contribution in [0.1, 0.15) is 29.3 Å². The lowest BCUT2D eigenvalue weighted by atomic mass is 10.1. The van der Waals surface area contributed by atoms with E-state index in [1.807, 2.05) is 0 Å². The highest BCUT2D eigenvalue weighted by Gasteiger charge is 2.15. The van der Waals surface area contributed by atoms with Crippen molar-refractivity contribution in [2.75, 3.05) is 19.0 Å². The minimum atomic E-state index is -0.633. The molecule has 26 heavy (non-hydrogen) atoms. The maximum Gasteiger partial charge on any atom is 0.340 e. The molecule has 0 unspecified atom stereocenters. The van der Waals surface area contributed by atoms with Gasteiger partial charge in [-0.1, -0.05) is 24.2 Å². The zero-order chi connectivity index (χ0) is 18.9. The Hall–Kier alpha value is -3.35. The number of rotatable bonds is 7. The summed E-state index contributed by atoms with van der Waals surface area (Å²) < 4.78 is 10.3. The number of benzene rings is 2. The highest BCUT2D eigenvalue weighted by atomic mass is 16.5. The van der Waals surface area contributed by atoms with Crippen molar-refractivity contribution in [3.05, 3.63) is 59.7 Å². The largest absolute Gasteiger partial charge is 0.497 e. The lowest BCUT2D eigenvalue weighted by molar-refractivity contribution is -0.115. The number of amides is 1. The number of carbonyl (C=O) groups excluding carboxylic acids is 2. The van der Waals surface area contributed by atoms with Crippen LogP contribution in [-0.2, 0) is 9.53 Å². The maximum absolute atomic E-state index is 12.4. The number of hydrogen-bond acceptors (Lipinski definition) is 6. The molecule has 0 radical (unpaired) electrons. The third-order valence-electron chi connectivity index (χ3n) is 3.63. The van der Waals surface area contributed by atoms with E-state index in [1.54, 1.807) is 62.6 Å². The molecule has 0 aromatic heterocycles. The second-order valence-electron chi connectivity index (χ2n) is 5.30. The fourth-order valence-corrected chi connectivity index (χ4v) is 2.17. The summed E-state index contributed by atoms with van der Waals surface area (Å²) >= 11 is 0. The topological polar surface area (TPSA) is 97.2 Å². The average molecular weight is 356 g/mol. The number of hydrogen-bond donors (Lipinski definition) is 2. The fourth-order valence-electron chi connectivity index (χ4n) is 2.17. The third kappa shape index (κ3) is 4.83. The number of carbonyl (C=O) groups is 2. The Labute approximate surface area is 151 Å². The summed E-state index contributed by atoms with van der Waals surface area (Å²) in [6.45, 7) is 1.49. The molecule has 2 aromatic rings. The second-order valence-corrected chi connectivity index (χ2v) is 5.30. The van der Waals surface area contributed by atoms with E-state index < -0.39 is 5.97 Å². The molecular weight excluding hydrogens is 336 g/mol. The van der Waals surface area contributed by atoms with E-state index in [4.69, 9.17) is 9.47 Å². The molecule has 7 heteroatoms. The van der Waals surface area contributed by atoms with E-state index in [9.17, 15) is 14.8 Å². The van der Waals surface area contributed by atoms with Crippen LogP contribution in [0.4, 0.5) is 5.69 Å². The molecule has 7 nitrogen and oxygen atoms in total. The molecule has 0 aliphatic rings. The maximum atomic E-state index is 12.4. The van der Waals surface area contributed by atoms with Crippen molar-refractivity contribution in [1.82, 2.24) is 0 Å². The molecule has 0 spiro atoms. The Morgan fingerprint density at radius 1 is 1.12 bits per heavy atom. The Bertz CT molecular complexity index is 800. The van der Waals surface area contributed by atoms with E-state index in [2.05, 4.69) is 10.5 Å². The molecule has 0 heterocycles. The Kier molecular flexibility index (Phi) is 6.73. The molecule has 0 atom stereocenters. The molecule has 2 N–H and O–H groups in total. The number of ether oxygens (including phenoxy) is 2. The first-order valence-electron chi connectivity index (χ1n) is 8.00. The molecule has 0 saturated carbocycles. The van der Waals surface area contributed by atoms with Crippen LogP contribution in [0.2, 0.25) is 0 Å². The quantitative estimate of drug-likeness (QED) is 0.344. The van der Waals surface area contributed by atoms with Gasteiger partial charge in [0.05, 0.1) is 18.4 Å². The van der Waals surface area contributed by atoms with E-state index in [1.165, 1.54) is 0 Å².